The van der Waals surface area contributed by atoms with Gasteiger partial charge in [0.25, 0.3) is 0 Å². The predicted molar refractivity (Wildman–Crippen MR) is 68.7 cm³/mol. The van der Waals surface area contributed by atoms with E-state index in [0.29, 0.717) is 0 Å². The molecule has 1 radical (unpaired) electrons. The molecule has 0 saturated heterocycles. The lowest BCUT2D eigenvalue weighted by Crippen LogP contribution is -2.15. The van der Waals surface area contributed by atoms with Crippen molar-refractivity contribution in [3.05, 3.63) is 66.2 Å². The summed E-state index contributed by atoms with van der Waals surface area (Å²) in [5, 5.41) is 3.24. The first-order chi connectivity index (χ1) is 7.84. The van der Waals surface area contributed by atoms with E-state index in [1.807, 2.05) is 42.5 Å². The molecule has 1 nitrogen and oxygen atoms in total. The van der Waals surface area contributed by atoms with Crippen LogP contribution in [0.3, 0.4) is 0 Å². The molecule has 0 amide bonds. The molecular weight excluding hydrogens is 218 g/mol. The summed E-state index contributed by atoms with van der Waals surface area (Å²) in [5.74, 6) is 0. The van der Waals surface area contributed by atoms with E-state index in [0.717, 1.165) is 12.1 Å². The summed E-state index contributed by atoms with van der Waals surface area (Å²) in [6.07, 6.45) is 0.807. The zero-order valence-electron chi connectivity index (χ0n) is 8.86. The normalized spacial score (nSPS) is 12.1. The summed E-state index contributed by atoms with van der Waals surface area (Å²) >= 11 is 6.23. The lowest BCUT2D eigenvalue weighted by molar-refractivity contribution is 0.945. The van der Waals surface area contributed by atoms with E-state index >= 15 is 0 Å². The fourth-order valence-electron chi connectivity index (χ4n) is 1.54. The van der Waals surface area contributed by atoms with E-state index in [2.05, 4.69) is 23.5 Å². The van der Waals surface area contributed by atoms with Crippen molar-refractivity contribution in [3.63, 3.8) is 0 Å². The van der Waals surface area contributed by atoms with Gasteiger partial charge in [0.15, 0.2) is 0 Å². The molecule has 2 heteroatoms. The van der Waals surface area contributed by atoms with Crippen molar-refractivity contribution >= 4 is 17.3 Å². The monoisotopic (exact) mass is 230 g/mol. The molecule has 0 fully saturated rings. The number of anilines is 1. The third-order valence-corrected chi connectivity index (χ3v) is 2.56. The molecule has 0 heterocycles. The Bertz CT molecular complexity index is 372. The van der Waals surface area contributed by atoms with Gasteiger partial charge < -0.3 is 5.32 Å². The van der Waals surface area contributed by atoms with Crippen molar-refractivity contribution < 1.29 is 0 Å². The van der Waals surface area contributed by atoms with Crippen LogP contribution in [0.15, 0.2) is 54.6 Å². The van der Waals surface area contributed by atoms with E-state index in [9.17, 15) is 0 Å². The minimum atomic E-state index is -0.0928. The minimum absolute atomic E-state index is 0.0928. The van der Waals surface area contributed by atoms with Gasteiger partial charge in [-0.05, 0) is 23.8 Å². The molecule has 0 aliphatic heterocycles. The smallest absolute Gasteiger partial charge is 0.105 e. The highest BCUT2D eigenvalue weighted by Gasteiger charge is 2.04. The zero-order chi connectivity index (χ0) is 11.2. The maximum absolute atomic E-state index is 6.23. The van der Waals surface area contributed by atoms with Gasteiger partial charge in [-0.2, -0.15) is 0 Å². The fourth-order valence-corrected chi connectivity index (χ4v) is 1.84. The van der Waals surface area contributed by atoms with Gasteiger partial charge in [0, 0.05) is 12.1 Å². The lowest BCUT2D eigenvalue weighted by atomic mass is 10.1. The highest BCUT2D eigenvalue weighted by molar-refractivity contribution is 6.21. The molecule has 2 aromatic carbocycles. The fraction of sp³-hybridized carbons (Fsp3) is 0.143. The second-order valence-electron chi connectivity index (χ2n) is 3.59. The zero-order valence-corrected chi connectivity index (χ0v) is 9.61. The van der Waals surface area contributed by atoms with Gasteiger partial charge in [-0.25, -0.2) is 0 Å². The van der Waals surface area contributed by atoms with E-state index in [-0.39, 0.29) is 5.50 Å². The molecule has 2 aromatic rings. The van der Waals surface area contributed by atoms with Gasteiger partial charge in [-0.3, -0.25) is 0 Å². The molecule has 81 valence electrons. The Kier molecular flexibility index (Phi) is 3.84. The summed E-state index contributed by atoms with van der Waals surface area (Å²) in [7, 11) is 0. The minimum Gasteiger partial charge on any atom is -0.369 e. The van der Waals surface area contributed by atoms with E-state index in [1.54, 1.807) is 0 Å². The second-order valence-corrected chi connectivity index (χ2v) is 4.12. The number of nitrogens with one attached hydrogen (secondary N) is 1. The first-order valence-electron chi connectivity index (χ1n) is 5.25. The molecule has 2 rings (SSSR count). The SMILES string of the molecule is ClC(Cc1ccccc1)Nc1cc[c]cc1. The topological polar surface area (TPSA) is 12.0 Å². The summed E-state index contributed by atoms with van der Waals surface area (Å²) in [4.78, 5) is 0. The molecule has 1 N–H and O–H groups in total. The van der Waals surface area contributed by atoms with Gasteiger partial charge in [0.1, 0.15) is 5.50 Å². The second kappa shape index (κ2) is 5.57. The Morgan fingerprint density at radius 3 is 2.44 bits per heavy atom. The number of hydrogen-bond acceptors (Lipinski definition) is 1. The molecule has 0 aromatic heterocycles. The van der Waals surface area contributed by atoms with Crippen LogP contribution in [0.5, 0.6) is 0 Å². The maximum atomic E-state index is 6.23. The van der Waals surface area contributed by atoms with Crippen LogP contribution in [0.25, 0.3) is 0 Å². The van der Waals surface area contributed by atoms with Crippen LogP contribution in [0.4, 0.5) is 5.69 Å². The molecule has 0 bridgehead atoms. The van der Waals surface area contributed by atoms with Gasteiger partial charge in [0.05, 0.1) is 0 Å². The molecular formula is C14H13ClN. The van der Waals surface area contributed by atoms with Crippen molar-refractivity contribution in [2.45, 2.75) is 11.9 Å². The standard InChI is InChI=1S/C14H13ClN/c15-14(11-12-7-3-1-4-8-12)16-13-9-5-2-6-10-13/h1,3-10,14,16H,11H2. The van der Waals surface area contributed by atoms with Crippen molar-refractivity contribution in [2.75, 3.05) is 5.32 Å². The largest absolute Gasteiger partial charge is 0.369 e. The van der Waals surface area contributed by atoms with Crippen LogP contribution in [0, 0.1) is 6.07 Å². The van der Waals surface area contributed by atoms with Crippen LogP contribution in [0.2, 0.25) is 0 Å². The quantitative estimate of drug-likeness (QED) is 0.624. The maximum Gasteiger partial charge on any atom is 0.105 e. The van der Waals surface area contributed by atoms with Crippen LogP contribution in [0.1, 0.15) is 5.56 Å². The molecule has 1 unspecified atom stereocenters. The average Bonchev–Trinajstić information content (AvgIpc) is 2.31. The molecule has 0 spiro atoms. The molecule has 0 saturated carbocycles. The van der Waals surface area contributed by atoms with Crippen LogP contribution in [-0.2, 0) is 6.42 Å². The van der Waals surface area contributed by atoms with Crippen molar-refractivity contribution in [3.8, 4) is 0 Å². The van der Waals surface area contributed by atoms with Gasteiger partial charge >= 0.3 is 0 Å². The Morgan fingerprint density at radius 1 is 1.06 bits per heavy atom. The van der Waals surface area contributed by atoms with E-state index in [1.165, 1.54) is 5.56 Å². The highest BCUT2D eigenvalue weighted by Crippen LogP contribution is 2.12. The lowest BCUT2D eigenvalue weighted by Gasteiger charge is -2.13. The molecule has 0 aliphatic carbocycles. The summed E-state index contributed by atoms with van der Waals surface area (Å²) in [5.41, 5.74) is 2.16. The molecule has 1 atom stereocenters. The van der Waals surface area contributed by atoms with Crippen LogP contribution < -0.4 is 5.32 Å². The van der Waals surface area contributed by atoms with Crippen LogP contribution >= 0.6 is 11.6 Å². The first kappa shape index (κ1) is 11.0. The highest BCUT2D eigenvalue weighted by atomic mass is 35.5. The third-order valence-electron chi connectivity index (χ3n) is 2.30. The van der Waals surface area contributed by atoms with Gasteiger partial charge in [0.2, 0.25) is 0 Å². The number of rotatable bonds is 4. The molecule has 0 aliphatic rings. The van der Waals surface area contributed by atoms with Crippen molar-refractivity contribution in [1.82, 2.24) is 0 Å². The predicted octanol–water partition coefficient (Wildman–Crippen LogP) is 3.71. The number of halogens is 1. The Labute approximate surface area is 101 Å². The Balaban J connectivity index is 1.92. The summed E-state index contributed by atoms with van der Waals surface area (Å²) in [6, 6.07) is 20.8. The first-order valence-corrected chi connectivity index (χ1v) is 5.69. The van der Waals surface area contributed by atoms with Crippen molar-refractivity contribution in [2.24, 2.45) is 0 Å². The Morgan fingerprint density at radius 2 is 1.75 bits per heavy atom. The van der Waals surface area contributed by atoms with E-state index < -0.39 is 0 Å². The van der Waals surface area contributed by atoms with Gasteiger partial charge in [-0.15, -0.1) is 0 Å². The average molecular weight is 231 g/mol. The van der Waals surface area contributed by atoms with Gasteiger partial charge in [-0.1, -0.05) is 54.1 Å². The number of benzene rings is 2. The summed E-state index contributed by atoms with van der Waals surface area (Å²) in [6.45, 7) is 0. The molecule has 16 heavy (non-hydrogen) atoms. The number of alkyl halides is 1. The third kappa shape index (κ3) is 3.28. The summed E-state index contributed by atoms with van der Waals surface area (Å²) < 4.78 is 0. The van der Waals surface area contributed by atoms with Crippen molar-refractivity contribution in [1.29, 1.82) is 0 Å². The van der Waals surface area contributed by atoms with E-state index in [4.69, 9.17) is 11.6 Å². The van der Waals surface area contributed by atoms with Crippen LogP contribution in [-0.4, -0.2) is 5.50 Å². The number of hydrogen-bond donors (Lipinski definition) is 1. The Hall–Kier alpha value is -1.47.